The van der Waals surface area contributed by atoms with E-state index in [1.165, 1.54) is 49.7 Å². The van der Waals surface area contributed by atoms with E-state index >= 15 is 0 Å². The minimum absolute atomic E-state index is 0.143. The molecule has 7 nitrogen and oxygen atoms in total. The molecular weight excluding hydrogens is 446 g/mol. The molecule has 0 atom stereocenters. The average molecular weight is 462 g/mol. The van der Waals surface area contributed by atoms with Crippen LogP contribution in [0.1, 0.15) is 10.4 Å². The van der Waals surface area contributed by atoms with Crippen LogP contribution in [0.25, 0.3) is 0 Å². The molecule has 9 heteroatoms. The van der Waals surface area contributed by atoms with Gasteiger partial charge in [0.15, 0.2) is 0 Å². The summed E-state index contributed by atoms with van der Waals surface area (Å²) in [7, 11) is -2.20. The van der Waals surface area contributed by atoms with Gasteiger partial charge in [-0.15, -0.1) is 0 Å². The van der Waals surface area contributed by atoms with Crippen LogP contribution < -0.4 is 14.8 Å². The van der Waals surface area contributed by atoms with Crippen LogP contribution in [-0.4, -0.2) is 26.4 Å². The summed E-state index contributed by atoms with van der Waals surface area (Å²) in [6.45, 7) is 0. The highest BCUT2D eigenvalue weighted by Gasteiger charge is 2.14. The first-order chi connectivity index (χ1) is 13.4. The van der Waals surface area contributed by atoms with Crippen molar-refractivity contribution in [1.82, 2.24) is 4.98 Å². The first kappa shape index (κ1) is 19.8. The minimum atomic E-state index is -3.71. The number of carbonyl (C=O) groups is 1. The third-order valence-corrected chi connectivity index (χ3v) is 5.65. The number of anilines is 2. The fourth-order valence-electron chi connectivity index (χ4n) is 2.30. The maximum atomic E-state index is 12.4. The van der Waals surface area contributed by atoms with Gasteiger partial charge in [-0.1, -0.05) is 15.9 Å². The summed E-state index contributed by atoms with van der Waals surface area (Å²) in [4.78, 5) is 16.5. The number of nitrogens with zero attached hydrogens (tertiary/aromatic N) is 1. The van der Waals surface area contributed by atoms with Crippen LogP contribution in [0.3, 0.4) is 0 Å². The van der Waals surface area contributed by atoms with Crippen molar-refractivity contribution < 1.29 is 17.9 Å². The topological polar surface area (TPSA) is 97.4 Å². The zero-order valence-corrected chi connectivity index (χ0v) is 17.1. The van der Waals surface area contributed by atoms with Crippen molar-refractivity contribution in [3.05, 3.63) is 76.9 Å². The van der Waals surface area contributed by atoms with Crippen LogP contribution in [0, 0.1) is 0 Å². The van der Waals surface area contributed by atoms with E-state index < -0.39 is 10.0 Å². The molecule has 144 valence electrons. The Kier molecular flexibility index (Phi) is 5.96. The number of benzene rings is 2. The van der Waals surface area contributed by atoms with Gasteiger partial charge in [0.05, 0.1) is 23.9 Å². The molecule has 0 saturated heterocycles. The van der Waals surface area contributed by atoms with Crippen LogP contribution in [0.2, 0.25) is 0 Å². The minimum Gasteiger partial charge on any atom is -0.481 e. The molecule has 0 fully saturated rings. The third-order valence-electron chi connectivity index (χ3n) is 3.73. The van der Waals surface area contributed by atoms with E-state index in [-0.39, 0.29) is 10.8 Å². The summed E-state index contributed by atoms with van der Waals surface area (Å²) in [6.07, 6.45) is 1.48. The number of pyridine rings is 1. The number of halogens is 1. The Bertz CT molecular complexity index is 1070. The molecule has 0 radical (unpaired) electrons. The van der Waals surface area contributed by atoms with Crippen LogP contribution in [0.15, 0.2) is 76.2 Å². The van der Waals surface area contributed by atoms with Gasteiger partial charge >= 0.3 is 0 Å². The van der Waals surface area contributed by atoms with E-state index in [2.05, 4.69) is 31.0 Å². The molecule has 0 spiro atoms. The van der Waals surface area contributed by atoms with Crippen LogP contribution in [-0.2, 0) is 10.0 Å². The predicted molar refractivity (Wildman–Crippen MR) is 110 cm³/mol. The lowest BCUT2D eigenvalue weighted by atomic mass is 10.2. The zero-order valence-electron chi connectivity index (χ0n) is 14.7. The van der Waals surface area contributed by atoms with Gasteiger partial charge in [0, 0.05) is 21.8 Å². The number of amides is 1. The molecule has 0 bridgehead atoms. The molecule has 0 aliphatic rings. The molecule has 3 rings (SSSR count). The molecule has 1 heterocycles. The summed E-state index contributed by atoms with van der Waals surface area (Å²) in [5, 5.41) is 2.71. The van der Waals surface area contributed by atoms with E-state index in [0.29, 0.717) is 22.8 Å². The van der Waals surface area contributed by atoms with Gasteiger partial charge in [0.1, 0.15) is 0 Å². The number of carbonyl (C=O) groups excluding carboxylic acids is 1. The fourth-order valence-corrected chi connectivity index (χ4v) is 3.62. The lowest BCUT2D eigenvalue weighted by molar-refractivity contribution is 0.102. The maximum absolute atomic E-state index is 12.4. The summed E-state index contributed by atoms with van der Waals surface area (Å²) in [6, 6.07) is 15.7. The SMILES string of the molecule is COc1ccc(NC(=O)c2ccc(NS(=O)(=O)c3ccc(Br)cc3)cc2)cn1. The van der Waals surface area contributed by atoms with Crippen molar-refractivity contribution in [2.24, 2.45) is 0 Å². The number of rotatable bonds is 6. The number of hydrogen-bond acceptors (Lipinski definition) is 5. The Morgan fingerprint density at radius 2 is 1.61 bits per heavy atom. The second kappa shape index (κ2) is 8.41. The largest absolute Gasteiger partial charge is 0.481 e. The molecule has 0 saturated carbocycles. The molecule has 0 aliphatic heterocycles. The van der Waals surface area contributed by atoms with E-state index in [9.17, 15) is 13.2 Å². The van der Waals surface area contributed by atoms with E-state index in [0.717, 1.165) is 4.47 Å². The molecule has 0 aliphatic carbocycles. The number of ether oxygens (including phenoxy) is 1. The normalized spacial score (nSPS) is 10.9. The van der Waals surface area contributed by atoms with Crippen molar-refractivity contribution in [1.29, 1.82) is 0 Å². The zero-order chi connectivity index (χ0) is 20.1. The van der Waals surface area contributed by atoms with E-state index in [1.807, 2.05) is 0 Å². The van der Waals surface area contributed by atoms with Crippen molar-refractivity contribution in [2.75, 3.05) is 17.1 Å². The van der Waals surface area contributed by atoms with Gasteiger partial charge in [0.2, 0.25) is 5.88 Å². The standard InChI is InChI=1S/C19H16BrN3O4S/c1-27-18-11-8-16(12-21-18)22-19(24)13-2-6-15(7-3-13)23-28(25,26)17-9-4-14(20)5-10-17/h2-12,23H,1H3,(H,22,24). The Morgan fingerprint density at radius 3 is 2.18 bits per heavy atom. The monoisotopic (exact) mass is 461 g/mol. The number of aromatic nitrogens is 1. The second-order valence-corrected chi connectivity index (χ2v) is 8.28. The molecule has 1 amide bonds. The average Bonchev–Trinajstić information content (AvgIpc) is 2.69. The second-order valence-electron chi connectivity index (χ2n) is 5.68. The van der Waals surface area contributed by atoms with Crippen molar-refractivity contribution in [2.45, 2.75) is 4.90 Å². The highest BCUT2D eigenvalue weighted by Crippen LogP contribution is 2.19. The highest BCUT2D eigenvalue weighted by atomic mass is 79.9. The molecule has 3 aromatic rings. The highest BCUT2D eigenvalue weighted by molar-refractivity contribution is 9.10. The molecule has 28 heavy (non-hydrogen) atoms. The Hall–Kier alpha value is -2.91. The predicted octanol–water partition coefficient (Wildman–Crippen LogP) is 3.91. The van der Waals surface area contributed by atoms with Gasteiger partial charge in [-0.25, -0.2) is 13.4 Å². The molecule has 2 N–H and O–H groups in total. The molecule has 2 aromatic carbocycles. The summed E-state index contributed by atoms with van der Waals surface area (Å²) >= 11 is 3.27. The third kappa shape index (κ3) is 4.87. The Balaban J connectivity index is 1.68. The quantitative estimate of drug-likeness (QED) is 0.579. The van der Waals surface area contributed by atoms with Crippen molar-refractivity contribution in [3.63, 3.8) is 0 Å². The lowest BCUT2D eigenvalue weighted by Gasteiger charge is -2.09. The molecular formula is C19H16BrN3O4S. The first-order valence-electron chi connectivity index (χ1n) is 8.07. The maximum Gasteiger partial charge on any atom is 0.261 e. The summed E-state index contributed by atoms with van der Waals surface area (Å²) in [5.74, 6) is 0.106. The summed E-state index contributed by atoms with van der Waals surface area (Å²) in [5.41, 5.74) is 1.25. The van der Waals surface area contributed by atoms with Gasteiger partial charge in [-0.2, -0.15) is 0 Å². The number of nitrogens with one attached hydrogen (secondary N) is 2. The van der Waals surface area contributed by atoms with E-state index in [4.69, 9.17) is 4.74 Å². The number of sulfonamides is 1. The van der Waals surface area contributed by atoms with Crippen molar-refractivity contribution >= 4 is 43.2 Å². The number of methoxy groups -OCH3 is 1. The smallest absolute Gasteiger partial charge is 0.261 e. The van der Waals surface area contributed by atoms with Gasteiger partial charge in [0.25, 0.3) is 15.9 Å². The van der Waals surface area contributed by atoms with E-state index in [1.54, 1.807) is 24.3 Å². The molecule has 0 unspecified atom stereocenters. The summed E-state index contributed by atoms with van der Waals surface area (Å²) < 4.78 is 33.0. The van der Waals surface area contributed by atoms with Gasteiger partial charge in [-0.3, -0.25) is 9.52 Å². The Labute approximate surface area is 170 Å². The Morgan fingerprint density at radius 1 is 0.964 bits per heavy atom. The first-order valence-corrected chi connectivity index (χ1v) is 10.3. The van der Waals surface area contributed by atoms with Crippen LogP contribution in [0.4, 0.5) is 11.4 Å². The molecule has 1 aromatic heterocycles. The number of hydrogen-bond donors (Lipinski definition) is 2. The van der Waals surface area contributed by atoms with Gasteiger partial charge in [-0.05, 0) is 54.6 Å². The lowest BCUT2D eigenvalue weighted by Crippen LogP contribution is -2.14. The van der Waals surface area contributed by atoms with Crippen LogP contribution in [0.5, 0.6) is 5.88 Å². The van der Waals surface area contributed by atoms with Crippen LogP contribution >= 0.6 is 15.9 Å². The fraction of sp³-hybridized carbons (Fsp3) is 0.0526. The van der Waals surface area contributed by atoms with Gasteiger partial charge < -0.3 is 10.1 Å². The van der Waals surface area contributed by atoms with Crippen molar-refractivity contribution in [3.8, 4) is 5.88 Å².